The molecule has 2 unspecified atom stereocenters. The zero-order valence-corrected chi connectivity index (χ0v) is 10.2. The first-order valence-corrected chi connectivity index (χ1v) is 5.96. The first-order chi connectivity index (χ1) is 9.08. The van der Waals surface area contributed by atoms with Gasteiger partial charge in [0, 0.05) is 13.0 Å². The van der Waals surface area contributed by atoms with Gasteiger partial charge in [-0.2, -0.15) is 0 Å². The molecule has 19 heavy (non-hydrogen) atoms. The van der Waals surface area contributed by atoms with Crippen molar-refractivity contribution in [2.45, 2.75) is 18.6 Å². The number of aliphatic carboxylic acids is 1. The van der Waals surface area contributed by atoms with Gasteiger partial charge in [-0.05, 0) is 12.1 Å². The van der Waals surface area contributed by atoms with E-state index in [0.29, 0.717) is 5.75 Å². The fourth-order valence-corrected chi connectivity index (χ4v) is 2.07. The van der Waals surface area contributed by atoms with Gasteiger partial charge >= 0.3 is 5.97 Å². The van der Waals surface area contributed by atoms with E-state index >= 15 is 0 Å². The van der Waals surface area contributed by atoms with Gasteiger partial charge in [0.25, 0.3) is 5.91 Å². The van der Waals surface area contributed by atoms with Crippen LogP contribution in [-0.2, 0) is 9.59 Å². The second-order valence-corrected chi connectivity index (χ2v) is 4.39. The summed E-state index contributed by atoms with van der Waals surface area (Å²) in [5.41, 5.74) is 0. The van der Waals surface area contributed by atoms with E-state index in [-0.39, 0.29) is 19.6 Å². The van der Waals surface area contributed by atoms with Crippen molar-refractivity contribution >= 4 is 11.9 Å². The number of aliphatic hydroxyl groups is 1. The van der Waals surface area contributed by atoms with Gasteiger partial charge < -0.3 is 19.8 Å². The van der Waals surface area contributed by atoms with E-state index in [1.807, 2.05) is 6.07 Å². The lowest BCUT2D eigenvalue weighted by Crippen LogP contribution is -2.42. The number of para-hydroxylation sites is 1. The summed E-state index contributed by atoms with van der Waals surface area (Å²) in [7, 11) is 0. The molecule has 6 nitrogen and oxygen atoms in total. The first-order valence-electron chi connectivity index (χ1n) is 5.96. The molecule has 1 fully saturated rings. The van der Waals surface area contributed by atoms with Crippen molar-refractivity contribution in [3.8, 4) is 5.75 Å². The first kappa shape index (κ1) is 13.4. The number of carboxylic acid groups (broad SMARTS) is 1. The fourth-order valence-electron chi connectivity index (χ4n) is 2.07. The third-order valence-electron chi connectivity index (χ3n) is 2.99. The molecule has 0 saturated carbocycles. The molecule has 2 atom stereocenters. The molecule has 1 aliphatic heterocycles. The van der Waals surface area contributed by atoms with Crippen molar-refractivity contribution in [3.05, 3.63) is 30.3 Å². The lowest BCUT2D eigenvalue weighted by atomic mass is 10.2. The second kappa shape index (κ2) is 5.71. The number of rotatable bonds is 4. The molecule has 1 heterocycles. The monoisotopic (exact) mass is 265 g/mol. The number of hydrogen-bond acceptors (Lipinski definition) is 4. The fraction of sp³-hybridized carbons (Fsp3) is 0.385. The number of ether oxygens (including phenoxy) is 1. The average molecular weight is 265 g/mol. The number of amides is 1. The highest BCUT2D eigenvalue weighted by atomic mass is 16.5. The second-order valence-electron chi connectivity index (χ2n) is 4.39. The smallest absolute Gasteiger partial charge is 0.326 e. The Kier molecular flexibility index (Phi) is 4.01. The summed E-state index contributed by atoms with van der Waals surface area (Å²) < 4.78 is 5.28. The minimum absolute atomic E-state index is 0.0357. The van der Waals surface area contributed by atoms with Crippen molar-refractivity contribution < 1.29 is 24.5 Å². The summed E-state index contributed by atoms with van der Waals surface area (Å²) in [6, 6.07) is 7.83. The van der Waals surface area contributed by atoms with E-state index in [9.17, 15) is 14.7 Å². The predicted molar refractivity (Wildman–Crippen MR) is 65.7 cm³/mol. The number of β-amino-alcohol motifs (C(OH)–C–C–N with tert-alkyl or cyclic N) is 1. The average Bonchev–Trinajstić information content (AvgIpc) is 2.79. The molecule has 0 spiro atoms. The molecule has 1 saturated heterocycles. The summed E-state index contributed by atoms with van der Waals surface area (Å²) in [6.45, 7) is -0.200. The molecule has 2 rings (SSSR count). The number of carboxylic acids is 1. The maximum Gasteiger partial charge on any atom is 0.326 e. The Morgan fingerprint density at radius 3 is 2.63 bits per heavy atom. The SMILES string of the molecule is O=C(O)C1CC(O)CN1C(=O)COc1ccccc1. The van der Waals surface area contributed by atoms with Crippen molar-refractivity contribution in [3.63, 3.8) is 0 Å². The van der Waals surface area contributed by atoms with Crippen molar-refractivity contribution in [1.82, 2.24) is 4.90 Å². The van der Waals surface area contributed by atoms with Gasteiger partial charge in [0.05, 0.1) is 6.10 Å². The van der Waals surface area contributed by atoms with E-state index in [4.69, 9.17) is 9.84 Å². The molecule has 6 heteroatoms. The topological polar surface area (TPSA) is 87.1 Å². The van der Waals surface area contributed by atoms with Gasteiger partial charge in [0.2, 0.25) is 0 Å². The molecular weight excluding hydrogens is 250 g/mol. The Bertz CT molecular complexity index is 461. The van der Waals surface area contributed by atoms with Crippen LogP contribution in [0.3, 0.4) is 0 Å². The molecule has 102 valence electrons. The number of carbonyl (C=O) groups excluding carboxylic acids is 1. The van der Waals surface area contributed by atoms with Crippen LogP contribution < -0.4 is 4.74 Å². The normalized spacial score (nSPS) is 22.3. The lowest BCUT2D eigenvalue weighted by Gasteiger charge is -2.21. The van der Waals surface area contributed by atoms with Crippen molar-refractivity contribution in [2.75, 3.05) is 13.2 Å². The van der Waals surface area contributed by atoms with E-state index in [2.05, 4.69) is 0 Å². The van der Waals surface area contributed by atoms with Crippen LogP contribution in [0.4, 0.5) is 0 Å². The van der Waals surface area contributed by atoms with Gasteiger partial charge in [0.1, 0.15) is 11.8 Å². The minimum Gasteiger partial charge on any atom is -0.484 e. The highest BCUT2D eigenvalue weighted by Gasteiger charge is 2.38. The van der Waals surface area contributed by atoms with Crippen LogP contribution in [0.1, 0.15) is 6.42 Å². The molecule has 1 aliphatic rings. The molecule has 1 aromatic rings. The Morgan fingerprint density at radius 2 is 2.00 bits per heavy atom. The van der Waals surface area contributed by atoms with Crippen LogP contribution in [0.2, 0.25) is 0 Å². The van der Waals surface area contributed by atoms with E-state index in [1.165, 1.54) is 0 Å². The van der Waals surface area contributed by atoms with Gasteiger partial charge in [-0.25, -0.2) is 4.79 Å². The number of benzene rings is 1. The van der Waals surface area contributed by atoms with Crippen LogP contribution in [-0.4, -0.2) is 52.3 Å². The largest absolute Gasteiger partial charge is 0.484 e. The number of hydrogen-bond donors (Lipinski definition) is 2. The van der Waals surface area contributed by atoms with Crippen molar-refractivity contribution in [1.29, 1.82) is 0 Å². The minimum atomic E-state index is -1.11. The summed E-state index contributed by atoms with van der Waals surface area (Å²) in [6.07, 6.45) is -0.728. The third kappa shape index (κ3) is 3.23. The number of aliphatic hydroxyl groups excluding tert-OH is 1. The third-order valence-corrected chi connectivity index (χ3v) is 2.99. The lowest BCUT2D eigenvalue weighted by molar-refractivity contribution is -0.148. The Hall–Kier alpha value is -2.08. The number of likely N-dealkylation sites (tertiary alicyclic amines) is 1. The standard InChI is InChI=1S/C13H15NO5/c15-9-6-11(13(17)18)14(7-9)12(16)8-19-10-4-2-1-3-5-10/h1-5,9,11,15H,6-8H2,(H,17,18). The van der Waals surface area contributed by atoms with E-state index in [1.54, 1.807) is 24.3 Å². The van der Waals surface area contributed by atoms with E-state index in [0.717, 1.165) is 4.90 Å². The number of carbonyl (C=O) groups is 2. The maximum atomic E-state index is 11.9. The zero-order chi connectivity index (χ0) is 13.8. The molecular formula is C13H15NO5. The quantitative estimate of drug-likeness (QED) is 0.807. The highest BCUT2D eigenvalue weighted by molar-refractivity contribution is 5.85. The molecule has 0 aromatic heterocycles. The van der Waals surface area contributed by atoms with Gasteiger partial charge in [0.15, 0.2) is 6.61 Å². The Labute approximate surface area is 110 Å². The molecule has 1 aromatic carbocycles. The highest BCUT2D eigenvalue weighted by Crippen LogP contribution is 2.18. The van der Waals surface area contributed by atoms with Crippen LogP contribution in [0.15, 0.2) is 30.3 Å². The Balaban J connectivity index is 1.94. The van der Waals surface area contributed by atoms with Crippen LogP contribution >= 0.6 is 0 Å². The summed E-state index contributed by atoms with van der Waals surface area (Å²) in [4.78, 5) is 24.0. The predicted octanol–water partition coefficient (Wildman–Crippen LogP) is 0.112. The van der Waals surface area contributed by atoms with Crippen molar-refractivity contribution in [2.24, 2.45) is 0 Å². The van der Waals surface area contributed by atoms with Gasteiger partial charge in [-0.3, -0.25) is 4.79 Å². The summed E-state index contributed by atoms with van der Waals surface area (Å²) in [5, 5.41) is 18.4. The van der Waals surface area contributed by atoms with Crippen LogP contribution in [0.25, 0.3) is 0 Å². The molecule has 0 radical (unpaired) electrons. The Morgan fingerprint density at radius 1 is 1.32 bits per heavy atom. The summed E-state index contributed by atoms with van der Waals surface area (Å²) >= 11 is 0. The zero-order valence-electron chi connectivity index (χ0n) is 10.2. The van der Waals surface area contributed by atoms with Gasteiger partial charge in [-0.15, -0.1) is 0 Å². The van der Waals surface area contributed by atoms with Gasteiger partial charge in [-0.1, -0.05) is 18.2 Å². The van der Waals surface area contributed by atoms with E-state index < -0.39 is 24.0 Å². The van der Waals surface area contributed by atoms with Crippen LogP contribution in [0.5, 0.6) is 5.75 Å². The summed E-state index contributed by atoms with van der Waals surface area (Å²) in [5.74, 6) is -1.00. The maximum absolute atomic E-state index is 11.9. The molecule has 2 N–H and O–H groups in total. The van der Waals surface area contributed by atoms with Crippen LogP contribution in [0, 0.1) is 0 Å². The molecule has 0 aliphatic carbocycles. The number of nitrogens with zero attached hydrogens (tertiary/aromatic N) is 1. The molecule has 0 bridgehead atoms. The molecule has 1 amide bonds.